The molecule has 2 aliphatic heterocycles. The summed E-state index contributed by atoms with van der Waals surface area (Å²) in [5, 5.41) is 7.88. The summed E-state index contributed by atoms with van der Waals surface area (Å²) >= 11 is 0. The van der Waals surface area contributed by atoms with Crippen LogP contribution in [0.2, 0.25) is 0 Å². The third kappa shape index (κ3) is 4.95. The normalized spacial score (nSPS) is 20.7. The Morgan fingerprint density at radius 3 is 2.56 bits per heavy atom. The first kappa shape index (κ1) is 22.9. The van der Waals surface area contributed by atoms with Crippen molar-refractivity contribution < 1.29 is 4.39 Å². The molecule has 3 aromatic rings. The number of piperazine rings is 1. The van der Waals surface area contributed by atoms with Crippen LogP contribution in [0.25, 0.3) is 11.5 Å². The Kier molecular flexibility index (Phi) is 6.82. The van der Waals surface area contributed by atoms with Gasteiger partial charge in [-0.1, -0.05) is 19.1 Å². The topological polar surface area (TPSA) is 77.1 Å². The van der Waals surface area contributed by atoms with E-state index in [1.165, 1.54) is 18.4 Å². The molecule has 9 heteroatoms. The van der Waals surface area contributed by atoms with E-state index in [4.69, 9.17) is 9.97 Å². The van der Waals surface area contributed by atoms with Crippen molar-refractivity contribution in [3.05, 3.63) is 53.9 Å². The van der Waals surface area contributed by atoms with Gasteiger partial charge in [-0.25, -0.2) is 14.4 Å². The van der Waals surface area contributed by atoms with Crippen molar-refractivity contribution >= 4 is 5.82 Å². The molecule has 2 saturated heterocycles. The Morgan fingerprint density at radius 1 is 1.09 bits per heavy atom. The molecule has 180 valence electrons. The molecule has 0 spiro atoms. The molecule has 0 saturated carbocycles. The molecule has 1 atom stereocenters. The molecule has 2 fully saturated rings. The van der Waals surface area contributed by atoms with E-state index >= 15 is 0 Å². The van der Waals surface area contributed by atoms with Gasteiger partial charge in [0, 0.05) is 38.3 Å². The van der Waals surface area contributed by atoms with E-state index < -0.39 is 0 Å². The van der Waals surface area contributed by atoms with Crippen LogP contribution < -0.4 is 4.90 Å². The highest BCUT2D eigenvalue weighted by atomic mass is 19.1. The SMILES string of the molecule is CC[C@H]1CN(c2ncc(-c3nnc[nH]3)nc2C)CCN1C1CCN(Cc2ccc(F)cc2)CC1. The number of aryl methyl sites for hydroxylation is 1. The van der Waals surface area contributed by atoms with Gasteiger partial charge >= 0.3 is 0 Å². The van der Waals surface area contributed by atoms with E-state index in [0.29, 0.717) is 17.9 Å². The van der Waals surface area contributed by atoms with Crippen molar-refractivity contribution in [2.45, 2.75) is 51.7 Å². The fraction of sp³-hybridized carbons (Fsp3) is 0.520. The number of hydrogen-bond acceptors (Lipinski definition) is 7. The fourth-order valence-electron chi connectivity index (χ4n) is 5.39. The summed E-state index contributed by atoms with van der Waals surface area (Å²) in [4.78, 5) is 20.1. The Balaban J connectivity index is 1.18. The van der Waals surface area contributed by atoms with E-state index in [9.17, 15) is 4.39 Å². The first-order valence-electron chi connectivity index (χ1n) is 12.3. The van der Waals surface area contributed by atoms with Gasteiger partial charge in [0.1, 0.15) is 23.7 Å². The third-order valence-electron chi connectivity index (χ3n) is 7.22. The van der Waals surface area contributed by atoms with Crippen molar-refractivity contribution in [3.8, 4) is 11.5 Å². The number of anilines is 1. The monoisotopic (exact) mass is 464 g/mol. The highest BCUT2D eigenvalue weighted by Crippen LogP contribution is 2.27. The van der Waals surface area contributed by atoms with Crippen LogP contribution in [0.15, 0.2) is 36.8 Å². The molecule has 0 radical (unpaired) electrons. The minimum absolute atomic E-state index is 0.167. The van der Waals surface area contributed by atoms with Crippen LogP contribution in [-0.2, 0) is 6.54 Å². The largest absolute Gasteiger partial charge is 0.352 e. The number of nitrogens with one attached hydrogen (secondary N) is 1. The van der Waals surface area contributed by atoms with Gasteiger partial charge in [0.15, 0.2) is 5.82 Å². The van der Waals surface area contributed by atoms with Crippen LogP contribution in [0, 0.1) is 12.7 Å². The minimum Gasteiger partial charge on any atom is -0.352 e. The summed E-state index contributed by atoms with van der Waals surface area (Å²) in [6, 6.07) is 8.05. The maximum absolute atomic E-state index is 13.2. The van der Waals surface area contributed by atoms with E-state index in [2.05, 4.69) is 36.8 Å². The predicted octanol–water partition coefficient (Wildman–Crippen LogP) is 3.27. The summed E-state index contributed by atoms with van der Waals surface area (Å²) in [5.41, 5.74) is 2.83. The first-order chi connectivity index (χ1) is 16.6. The summed E-state index contributed by atoms with van der Waals surface area (Å²) < 4.78 is 13.2. The number of likely N-dealkylation sites (tertiary alicyclic amines) is 1. The number of halogens is 1. The lowest BCUT2D eigenvalue weighted by molar-refractivity contribution is 0.0610. The quantitative estimate of drug-likeness (QED) is 0.600. The molecule has 0 unspecified atom stereocenters. The molecule has 5 rings (SSSR count). The van der Waals surface area contributed by atoms with Crippen molar-refractivity contribution in [2.75, 3.05) is 37.6 Å². The fourth-order valence-corrected chi connectivity index (χ4v) is 5.39. The van der Waals surface area contributed by atoms with Gasteiger partial charge in [0.2, 0.25) is 0 Å². The lowest BCUT2D eigenvalue weighted by Gasteiger charge is -2.47. The van der Waals surface area contributed by atoms with Gasteiger partial charge in [-0.15, -0.1) is 10.2 Å². The second-order valence-corrected chi connectivity index (χ2v) is 9.38. The number of piperidine rings is 1. The van der Waals surface area contributed by atoms with Gasteiger partial charge in [-0.2, -0.15) is 0 Å². The number of nitrogens with zero attached hydrogens (tertiary/aromatic N) is 7. The van der Waals surface area contributed by atoms with E-state index in [1.807, 2.05) is 19.1 Å². The predicted molar refractivity (Wildman–Crippen MR) is 130 cm³/mol. The van der Waals surface area contributed by atoms with Gasteiger partial charge in [0.25, 0.3) is 0 Å². The van der Waals surface area contributed by atoms with Gasteiger partial charge < -0.3 is 9.88 Å². The van der Waals surface area contributed by atoms with Crippen molar-refractivity contribution in [1.82, 2.24) is 34.9 Å². The third-order valence-corrected chi connectivity index (χ3v) is 7.22. The molecule has 1 N–H and O–H groups in total. The van der Waals surface area contributed by atoms with Crippen LogP contribution in [0.1, 0.15) is 37.4 Å². The second kappa shape index (κ2) is 10.1. The van der Waals surface area contributed by atoms with E-state index in [1.54, 1.807) is 24.7 Å². The van der Waals surface area contributed by atoms with Gasteiger partial charge in [0.05, 0.1) is 11.9 Å². The highest BCUT2D eigenvalue weighted by molar-refractivity contribution is 5.52. The average Bonchev–Trinajstić information content (AvgIpc) is 3.41. The lowest BCUT2D eigenvalue weighted by atomic mass is 9.97. The molecular weight excluding hydrogens is 431 g/mol. The zero-order valence-corrected chi connectivity index (χ0v) is 20.0. The molecule has 2 aromatic heterocycles. The minimum atomic E-state index is -0.167. The molecule has 8 nitrogen and oxygen atoms in total. The zero-order chi connectivity index (χ0) is 23.5. The van der Waals surface area contributed by atoms with Crippen LogP contribution >= 0.6 is 0 Å². The Labute approximate surface area is 200 Å². The number of H-pyrrole nitrogens is 1. The standard InChI is InChI=1S/C25H33FN8/c1-3-21-16-33(25-18(2)30-23(14-27-25)24-28-17-29-31-24)12-13-34(21)22-8-10-32(11-9-22)15-19-4-6-20(26)7-5-19/h4-7,14,17,21-22H,3,8-13,15-16H2,1-2H3,(H,28,29,31)/t21-/m0/s1. The summed E-state index contributed by atoms with van der Waals surface area (Å²) in [5.74, 6) is 1.44. The molecule has 1 aromatic carbocycles. The van der Waals surface area contributed by atoms with Crippen molar-refractivity contribution in [2.24, 2.45) is 0 Å². The lowest BCUT2D eigenvalue weighted by Crippen LogP contribution is -2.58. The summed E-state index contributed by atoms with van der Waals surface area (Å²) in [7, 11) is 0. The second-order valence-electron chi connectivity index (χ2n) is 9.38. The van der Waals surface area contributed by atoms with E-state index in [0.717, 1.165) is 62.9 Å². The number of rotatable bonds is 6. The number of benzene rings is 1. The Bertz CT molecular complexity index is 1060. The molecule has 0 bridgehead atoms. The Hall–Kier alpha value is -2.91. The van der Waals surface area contributed by atoms with Crippen LogP contribution in [0.4, 0.5) is 10.2 Å². The van der Waals surface area contributed by atoms with Crippen LogP contribution in [0.3, 0.4) is 0 Å². The maximum atomic E-state index is 13.2. The molecular formula is C25H33FN8. The molecule has 34 heavy (non-hydrogen) atoms. The van der Waals surface area contributed by atoms with Gasteiger partial charge in [-0.3, -0.25) is 9.80 Å². The maximum Gasteiger partial charge on any atom is 0.181 e. The highest BCUT2D eigenvalue weighted by Gasteiger charge is 2.34. The van der Waals surface area contributed by atoms with Crippen molar-refractivity contribution in [3.63, 3.8) is 0 Å². The van der Waals surface area contributed by atoms with E-state index in [-0.39, 0.29) is 5.82 Å². The molecule has 0 amide bonds. The Morgan fingerprint density at radius 2 is 1.88 bits per heavy atom. The zero-order valence-electron chi connectivity index (χ0n) is 20.0. The number of aromatic amines is 1. The first-order valence-corrected chi connectivity index (χ1v) is 12.3. The molecule has 2 aliphatic rings. The average molecular weight is 465 g/mol. The van der Waals surface area contributed by atoms with Crippen molar-refractivity contribution in [1.29, 1.82) is 0 Å². The molecule has 4 heterocycles. The molecule has 0 aliphatic carbocycles. The summed E-state index contributed by atoms with van der Waals surface area (Å²) in [6.07, 6.45) is 6.82. The number of hydrogen-bond donors (Lipinski definition) is 1. The smallest absolute Gasteiger partial charge is 0.181 e. The van der Waals surface area contributed by atoms with Gasteiger partial charge in [-0.05, 0) is 57.0 Å². The van der Waals surface area contributed by atoms with Crippen LogP contribution in [-0.4, -0.2) is 79.8 Å². The van der Waals surface area contributed by atoms with Crippen LogP contribution in [0.5, 0.6) is 0 Å². The summed E-state index contributed by atoms with van der Waals surface area (Å²) in [6.45, 7) is 10.4. The number of aromatic nitrogens is 5.